The number of aryl methyl sites for hydroxylation is 1. The zero-order valence-electron chi connectivity index (χ0n) is 12.1. The lowest BCUT2D eigenvalue weighted by Crippen LogP contribution is -2.21. The second-order valence-corrected chi connectivity index (χ2v) is 5.73. The lowest BCUT2D eigenvalue weighted by Gasteiger charge is -2.18. The molecule has 112 valence electrons. The largest absolute Gasteiger partial charge is 0.478 e. The SMILES string of the molecule is CCc1nc2cccc(C(=O)O)c2n1CC1CCCC1O. The molecule has 2 unspecified atom stereocenters. The van der Waals surface area contributed by atoms with Crippen LogP contribution in [0.4, 0.5) is 0 Å². The smallest absolute Gasteiger partial charge is 0.337 e. The highest BCUT2D eigenvalue weighted by atomic mass is 16.4. The number of fused-ring (bicyclic) bond motifs is 1. The summed E-state index contributed by atoms with van der Waals surface area (Å²) in [6.07, 6.45) is 3.32. The molecule has 21 heavy (non-hydrogen) atoms. The molecular weight excluding hydrogens is 268 g/mol. The summed E-state index contributed by atoms with van der Waals surface area (Å²) in [6.45, 7) is 2.66. The summed E-state index contributed by atoms with van der Waals surface area (Å²) >= 11 is 0. The zero-order valence-corrected chi connectivity index (χ0v) is 12.1. The topological polar surface area (TPSA) is 75.3 Å². The van der Waals surface area contributed by atoms with Gasteiger partial charge in [0.15, 0.2) is 0 Å². The number of rotatable bonds is 4. The molecule has 1 saturated carbocycles. The van der Waals surface area contributed by atoms with Gasteiger partial charge in [-0.15, -0.1) is 0 Å². The molecule has 5 nitrogen and oxygen atoms in total. The fraction of sp³-hybridized carbons (Fsp3) is 0.500. The number of aromatic nitrogens is 2. The van der Waals surface area contributed by atoms with Gasteiger partial charge in [0.05, 0.1) is 22.7 Å². The first-order chi connectivity index (χ1) is 10.1. The molecule has 1 heterocycles. The maximum absolute atomic E-state index is 11.5. The number of hydrogen-bond acceptors (Lipinski definition) is 3. The molecule has 2 N–H and O–H groups in total. The maximum atomic E-state index is 11.5. The van der Waals surface area contributed by atoms with Crippen LogP contribution in [-0.2, 0) is 13.0 Å². The molecule has 2 aromatic rings. The second-order valence-electron chi connectivity index (χ2n) is 5.73. The van der Waals surface area contributed by atoms with Crippen molar-refractivity contribution in [3.05, 3.63) is 29.6 Å². The standard InChI is InChI=1S/C16H20N2O3/c1-2-14-17-12-7-4-6-11(16(20)21)15(12)18(14)9-10-5-3-8-13(10)19/h4,6-7,10,13,19H,2-3,5,8-9H2,1H3,(H,20,21). The van der Waals surface area contributed by atoms with Crippen LogP contribution in [0.25, 0.3) is 11.0 Å². The molecule has 5 heteroatoms. The number of para-hydroxylation sites is 1. The molecule has 0 saturated heterocycles. The van der Waals surface area contributed by atoms with Gasteiger partial charge in [-0.25, -0.2) is 9.78 Å². The van der Waals surface area contributed by atoms with Crippen LogP contribution in [0, 0.1) is 5.92 Å². The number of carboxylic acids is 1. The quantitative estimate of drug-likeness (QED) is 0.906. The van der Waals surface area contributed by atoms with Gasteiger partial charge < -0.3 is 14.8 Å². The highest BCUT2D eigenvalue weighted by Gasteiger charge is 2.27. The summed E-state index contributed by atoms with van der Waals surface area (Å²) in [5.74, 6) is 0.142. The summed E-state index contributed by atoms with van der Waals surface area (Å²) in [5.41, 5.74) is 1.69. The first kappa shape index (κ1) is 14.1. The Hall–Kier alpha value is -1.88. The van der Waals surface area contributed by atoms with E-state index in [9.17, 15) is 15.0 Å². The second kappa shape index (κ2) is 5.48. The molecule has 0 spiro atoms. The van der Waals surface area contributed by atoms with E-state index in [0.717, 1.165) is 37.0 Å². The number of carboxylic acid groups (broad SMARTS) is 1. The van der Waals surface area contributed by atoms with Crippen molar-refractivity contribution >= 4 is 17.0 Å². The Morgan fingerprint density at radius 2 is 2.24 bits per heavy atom. The van der Waals surface area contributed by atoms with Crippen molar-refractivity contribution in [1.82, 2.24) is 9.55 Å². The third kappa shape index (κ3) is 2.42. The summed E-state index contributed by atoms with van der Waals surface area (Å²) in [5, 5.41) is 19.5. The summed E-state index contributed by atoms with van der Waals surface area (Å²) in [6, 6.07) is 5.20. The van der Waals surface area contributed by atoms with E-state index in [-0.39, 0.29) is 17.6 Å². The van der Waals surface area contributed by atoms with Crippen LogP contribution < -0.4 is 0 Å². The molecule has 1 aromatic heterocycles. The molecule has 1 aliphatic rings. The van der Waals surface area contributed by atoms with Gasteiger partial charge in [0, 0.05) is 18.9 Å². The third-order valence-electron chi connectivity index (χ3n) is 4.43. The van der Waals surface area contributed by atoms with Crippen molar-refractivity contribution in [3.63, 3.8) is 0 Å². The van der Waals surface area contributed by atoms with Crippen LogP contribution in [0.2, 0.25) is 0 Å². The molecule has 1 fully saturated rings. The number of hydrogen-bond donors (Lipinski definition) is 2. The normalized spacial score (nSPS) is 22.0. The van der Waals surface area contributed by atoms with Crippen LogP contribution in [-0.4, -0.2) is 31.8 Å². The van der Waals surface area contributed by atoms with Gasteiger partial charge in [-0.1, -0.05) is 19.4 Å². The minimum absolute atomic E-state index is 0.189. The van der Waals surface area contributed by atoms with E-state index in [2.05, 4.69) is 4.98 Å². The van der Waals surface area contributed by atoms with E-state index in [1.165, 1.54) is 0 Å². The first-order valence-electron chi connectivity index (χ1n) is 7.51. The number of aliphatic hydroxyl groups excluding tert-OH is 1. The summed E-state index contributed by atoms with van der Waals surface area (Å²) < 4.78 is 2.00. The lowest BCUT2D eigenvalue weighted by atomic mass is 10.1. The molecule has 1 aromatic carbocycles. The van der Waals surface area contributed by atoms with Crippen molar-refractivity contribution in [1.29, 1.82) is 0 Å². The van der Waals surface area contributed by atoms with Gasteiger partial charge in [0.1, 0.15) is 5.82 Å². The van der Waals surface area contributed by atoms with Crippen LogP contribution in [0.1, 0.15) is 42.4 Å². The minimum Gasteiger partial charge on any atom is -0.478 e. The van der Waals surface area contributed by atoms with E-state index in [0.29, 0.717) is 12.1 Å². The summed E-state index contributed by atoms with van der Waals surface area (Å²) in [7, 11) is 0. The highest BCUT2D eigenvalue weighted by Crippen LogP contribution is 2.30. The Morgan fingerprint density at radius 3 is 2.86 bits per heavy atom. The van der Waals surface area contributed by atoms with E-state index in [1.807, 2.05) is 17.6 Å². The average molecular weight is 288 g/mol. The number of carbonyl (C=O) groups is 1. The zero-order chi connectivity index (χ0) is 15.0. The third-order valence-corrected chi connectivity index (χ3v) is 4.43. The predicted molar refractivity (Wildman–Crippen MR) is 79.4 cm³/mol. The van der Waals surface area contributed by atoms with Gasteiger partial charge in [-0.2, -0.15) is 0 Å². The van der Waals surface area contributed by atoms with Gasteiger partial charge in [0.2, 0.25) is 0 Å². The monoisotopic (exact) mass is 288 g/mol. The molecular formula is C16H20N2O3. The highest BCUT2D eigenvalue weighted by molar-refractivity contribution is 6.01. The van der Waals surface area contributed by atoms with Crippen molar-refractivity contribution in [2.45, 2.75) is 45.3 Å². The number of benzene rings is 1. The van der Waals surface area contributed by atoms with Crippen molar-refractivity contribution < 1.29 is 15.0 Å². The van der Waals surface area contributed by atoms with Crippen LogP contribution in [0.5, 0.6) is 0 Å². The molecule has 0 radical (unpaired) electrons. The van der Waals surface area contributed by atoms with Crippen molar-refractivity contribution in [2.24, 2.45) is 5.92 Å². The maximum Gasteiger partial charge on any atom is 0.337 e. The van der Waals surface area contributed by atoms with Crippen LogP contribution in [0.15, 0.2) is 18.2 Å². The fourth-order valence-electron chi connectivity index (χ4n) is 3.34. The molecule has 0 amide bonds. The van der Waals surface area contributed by atoms with E-state index in [1.54, 1.807) is 12.1 Å². The Balaban J connectivity index is 2.12. The molecule has 0 aliphatic heterocycles. The minimum atomic E-state index is -0.934. The van der Waals surface area contributed by atoms with E-state index in [4.69, 9.17) is 0 Å². The number of nitrogens with zero attached hydrogens (tertiary/aromatic N) is 2. The van der Waals surface area contributed by atoms with E-state index < -0.39 is 5.97 Å². The lowest BCUT2D eigenvalue weighted by molar-refractivity contribution is 0.0698. The molecule has 2 atom stereocenters. The Kier molecular flexibility index (Phi) is 3.68. The summed E-state index contributed by atoms with van der Waals surface area (Å²) in [4.78, 5) is 16.0. The van der Waals surface area contributed by atoms with Crippen LogP contribution >= 0.6 is 0 Å². The van der Waals surface area contributed by atoms with Gasteiger partial charge in [-0.3, -0.25) is 0 Å². The van der Waals surface area contributed by atoms with Crippen molar-refractivity contribution in [2.75, 3.05) is 0 Å². The van der Waals surface area contributed by atoms with Gasteiger partial charge in [-0.05, 0) is 25.0 Å². The Bertz CT molecular complexity index is 677. The van der Waals surface area contributed by atoms with Crippen molar-refractivity contribution in [3.8, 4) is 0 Å². The van der Waals surface area contributed by atoms with Gasteiger partial charge >= 0.3 is 5.97 Å². The first-order valence-corrected chi connectivity index (χ1v) is 7.51. The molecule has 0 bridgehead atoms. The predicted octanol–water partition coefficient (Wildman–Crippen LogP) is 2.46. The number of aromatic carboxylic acids is 1. The molecule has 1 aliphatic carbocycles. The fourth-order valence-corrected chi connectivity index (χ4v) is 3.34. The van der Waals surface area contributed by atoms with Gasteiger partial charge in [0.25, 0.3) is 0 Å². The van der Waals surface area contributed by atoms with Crippen LogP contribution in [0.3, 0.4) is 0 Å². The Morgan fingerprint density at radius 1 is 1.43 bits per heavy atom. The average Bonchev–Trinajstić information content (AvgIpc) is 3.03. The Labute approximate surface area is 123 Å². The molecule has 3 rings (SSSR count). The number of aliphatic hydroxyl groups is 1. The number of imidazole rings is 1. The van der Waals surface area contributed by atoms with E-state index >= 15 is 0 Å².